The first-order chi connectivity index (χ1) is 7.24. The number of hydrogen-bond donors (Lipinski definition) is 1. The molecule has 0 fully saturated rings. The third-order valence-electron chi connectivity index (χ3n) is 3.24. The summed E-state index contributed by atoms with van der Waals surface area (Å²) in [7, 11) is 2.03. The lowest BCUT2D eigenvalue weighted by molar-refractivity contribution is 0.430. The zero-order valence-corrected chi connectivity index (χ0v) is 9.95. The Morgan fingerprint density at radius 1 is 1.60 bits per heavy atom. The van der Waals surface area contributed by atoms with Crippen molar-refractivity contribution in [2.45, 2.75) is 45.1 Å². The van der Waals surface area contributed by atoms with E-state index < -0.39 is 0 Å². The minimum absolute atomic E-state index is 0.534. The van der Waals surface area contributed by atoms with Gasteiger partial charge in [0.25, 0.3) is 0 Å². The monoisotopic (exact) mass is 207 g/mol. The molecule has 84 valence electrons. The van der Waals surface area contributed by atoms with Gasteiger partial charge in [-0.25, -0.2) is 4.98 Å². The van der Waals surface area contributed by atoms with E-state index >= 15 is 0 Å². The highest BCUT2D eigenvalue weighted by Gasteiger charge is 2.23. The van der Waals surface area contributed by atoms with Crippen LogP contribution in [0.3, 0.4) is 0 Å². The smallest absolute Gasteiger partial charge is 0.111 e. The molecule has 15 heavy (non-hydrogen) atoms. The fraction of sp³-hybridized carbons (Fsp3) is 0.750. The second kappa shape index (κ2) is 4.35. The normalized spacial score (nSPS) is 20.7. The van der Waals surface area contributed by atoms with E-state index in [4.69, 9.17) is 0 Å². The van der Waals surface area contributed by atoms with Crippen LogP contribution in [-0.2, 0) is 6.54 Å². The Bertz CT molecular complexity index is 328. The van der Waals surface area contributed by atoms with Crippen molar-refractivity contribution in [3.8, 4) is 0 Å². The summed E-state index contributed by atoms with van der Waals surface area (Å²) < 4.78 is 2.43. The summed E-state index contributed by atoms with van der Waals surface area (Å²) >= 11 is 0. The minimum Gasteiger partial charge on any atom is -0.332 e. The largest absolute Gasteiger partial charge is 0.332 e. The van der Waals surface area contributed by atoms with Crippen molar-refractivity contribution in [1.29, 1.82) is 0 Å². The van der Waals surface area contributed by atoms with Crippen molar-refractivity contribution in [1.82, 2.24) is 14.9 Å². The third kappa shape index (κ3) is 1.93. The van der Waals surface area contributed by atoms with Crippen LogP contribution in [0.15, 0.2) is 6.20 Å². The van der Waals surface area contributed by atoms with Crippen LogP contribution in [-0.4, -0.2) is 23.1 Å². The summed E-state index contributed by atoms with van der Waals surface area (Å²) in [5.74, 6) is 2.45. The summed E-state index contributed by atoms with van der Waals surface area (Å²) in [6.45, 7) is 6.67. The molecule has 0 radical (unpaired) electrons. The predicted molar refractivity (Wildman–Crippen MR) is 62.2 cm³/mol. The average Bonchev–Trinajstić information content (AvgIpc) is 2.62. The van der Waals surface area contributed by atoms with E-state index in [-0.39, 0.29) is 0 Å². The Morgan fingerprint density at radius 3 is 3.07 bits per heavy atom. The van der Waals surface area contributed by atoms with Crippen LogP contribution in [0.1, 0.15) is 50.0 Å². The van der Waals surface area contributed by atoms with Gasteiger partial charge < -0.3 is 9.88 Å². The van der Waals surface area contributed by atoms with Crippen molar-refractivity contribution in [3.05, 3.63) is 17.7 Å². The lowest BCUT2D eigenvalue weighted by Crippen LogP contribution is -2.24. The van der Waals surface area contributed by atoms with Gasteiger partial charge >= 0.3 is 0 Å². The Balaban J connectivity index is 2.29. The van der Waals surface area contributed by atoms with E-state index in [1.54, 1.807) is 0 Å². The molecule has 1 unspecified atom stereocenters. The Hall–Kier alpha value is -0.830. The molecule has 0 aliphatic carbocycles. The van der Waals surface area contributed by atoms with Gasteiger partial charge in [0.05, 0.1) is 0 Å². The van der Waals surface area contributed by atoms with Crippen molar-refractivity contribution in [3.63, 3.8) is 0 Å². The number of imidazole rings is 1. The molecule has 1 N–H and O–H groups in total. The lowest BCUT2D eigenvalue weighted by atomic mass is 9.96. The van der Waals surface area contributed by atoms with E-state index in [1.165, 1.54) is 24.4 Å². The molecule has 0 saturated carbocycles. The van der Waals surface area contributed by atoms with Crippen molar-refractivity contribution < 1.29 is 0 Å². The summed E-state index contributed by atoms with van der Waals surface area (Å²) in [6.07, 6.45) is 4.66. The first kappa shape index (κ1) is 10.7. The topological polar surface area (TPSA) is 29.9 Å². The number of fused-ring (bicyclic) bond motifs is 1. The van der Waals surface area contributed by atoms with Gasteiger partial charge in [-0.2, -0.15) is 0 Å². The SMILES string of the molecule is CNCC1CCCn2c1cnc2C(C)C. The van der Waals surface area contributed by atoms with E-state index in [0.717, 1.165) is 13.1 Å². The zero-order chi connectivity index (χ0) is 10.8. The molecule has 0 spiro atoms. The van der Waals surface area contributed by atoms with Crippen LogP contribution in [0, 0.1) is 0 Å². The second-order valence-electron chi connectivity index (χ2n) is 4.74. The first-order valence-electron chi connectivity index (χ1n) is 5.94. The van der Waals surface area contributed by atoms with Gasteiger partial charge in [0.15, 0.2) is 0 Å². The Morgan fingerprint density at radius 2 is 2.40 bits per heavy atom. The maximum atomic E-state index is 4.56. The molecular formula is C12H21N3. The molecule has 2 heterocycles. The van der Waals surface area contributed by atoms with E-state index in [0.29, 0.717) is 11.8 Å². The standard InChI is InChI=1S/C12H21N3/c1-9(2)12-14-8-11-10(7-13-3)5-4-6-15(11)12/h8-10,13H,4-7H2,1-3H3. The number of hydrogen-bond acceptors (Lipinski definition) is 2. The van der Waals surface area contributed by atoms with Crippen molar-refractivity contribution in [2.24, 2.45) is 0 Å². The molecule has 1 aromatic heterocycles. The molecule has 1 aliphatic heterocycles. The third-order valence-corrected chi connectivity index (χ3v) is 3.24. The molecule has 1 atom stereocenters. The molecule has 0 amide bonds. The highest BCUT2D eigenvalue weighted by Crippen LogP contribution is 2.29. The number of aromatic nitrogens is 2. The lowest BCUT2D eigenvalue weighted by Gasteiger charge is -2.25. The van der Waals surface area contributed by atoms with Crippen molar-refractivity contribution >= 4 is 0 Å². The second-order valence-corrected chi connectivity index (χ2v) is 4.74. The molecule has 1 aliphatic rings. The number of rotatable bonds is 3. The molecule has 0 bridgehead atoms. The van der Waals surface area contributed by atoms with Gasteiger partial charge in [0.2, 0.25) is 0 Å². The zero-order valence-electron chi connectivity index (χ0n) is 9.95. The highest BCUT2D eigenvalue weighted by molar-refractivity contribution is 5.15. The predicted octanol–water partition coefficient (Wildman–Crippen LogP) is 2.10. The quantitative estimate of drug-likeness (QED) is 0.822. The van der Waals surface area contributed by atoms with Crippen LogP contribution in [0.25, 0.3) is 0 Å². The maximum absolute atomic E-state index is 4.56. The fourth-order valence-electron chi connectivity index (χ4n) is 2.53. The van der Waals surface area contributed by atoms with Crippen LogP contribution >= 0.6 is 0 Å². The van der Waals surface area contributed by atoms with Crippen LogP contribution < -0.4 is 5.32 Å². The Labute approximate surface area is 91.9 Å². The van der Waals surface area contributed by atoms with Crippen LogP contribution in [0.5, 0.6) is 0 Å². The number of nitrogens with zero attached hydrogens (tertiary/aromatic N) is 2. The summed E-state index contributed by atoms with van der Waals surface area (Å²) in [5.41, 5.74) is 1.43. The van der Waals surface area contributed by atoms with Gasteiger partial charge in [0, 0.05) is 36.8 Å². The minimum atomic E-state index is 0.534. The number of likely N-dealkylation sites (N-methyl/N-ethyl adjacent to an activating group) is 1. The average molecular weight is 207 g/mol. The van der Waals surface area contributed by atoms with Crippen molar-refractivity contribution in [2.75, 3.05) is 13.6 Å². The molecule has 2 rings (SSSR count). The first-order valence-corrected chi connectivity index (χ1v) is 5.94. The highest BCUT2D eigenvalue weighted by atomic mass is 15.1. The molecule has 3 heteroatoms. The van der Waals surface area contributed by atoms with Crippen LogP contribution in [0.4, 0.5) is 0 Å². The molecule has 1 aromatic rings. The number of nitrogens with one attached hydrogen (secondary N) is 1. The van der Waals surface area contributed by atoms with Gasteiger partial charge in [-0.1, -0.05) is 13.8 Å². The summed E-state index contributed by atoms with van der Waals surface area (Å²) in [4.78, 5) is 4.56. The van der Waals surface area contributed by atoms with E-state index in [9.17, 15) is 0 Å². The molecule has 3 nitrogen and oxygen atoms in total. The Kier molecular flexibility index (Phi) is 3.10. The van der Waals surface area contributed by atoms with Gasteiger partial charge in [-0.3, -0.25) is 0 Å². The van der Waals surface area contributed by atoms with Crippen LogP contribution in [0.2, 0.25) is 0 Å². The van der Waals surface area contributed by atoms with Gasteiger partial charge in [0.1, 0.15) is 5.82 Å². The maximum Gasteiger partial charge on any atom is 0.111 e. The van der Waals surface area contributed by atoms with Gasteiger partial charge in [-0.05, 0) is 19.9 Å². The molecule has 0 aromatic carbocycles. The summed E-state index contributed by atoms with van der Waals surface area (Å²) in [5, 5.41) is 3.28. The fourth-order valence-corrected chi connectivity index (χ4v) is 2.53. The van der Waals surface area contributed by atoms with E-state index in [1.807, 2.05) is 7.05 Å². The van der Waals surface area contributed by atoms with E-state index in [2.05, 4.69) is 34.9 Å². The molecule has 0 saturated heterocycles. The van der Waals surface area contributed by atoms with Gasteiger partial charge in [-0.15, -0.1) is 0 Å². The summed E-state index contributed by atoms with van der Waals surface area (Å²) in [6, 6.07) is 0. The molecular weight excluding hydrogens is 186 g/mol.